The van der Waals surface area contributed by atoms with E-state index in [0.29, 0.717) is 13.0 Å². The molecular formula is C17H19F3N4O4S. The zero-order valence-electron chi connectivity index (χ0n) is 15.5. The molecule has 0 bridgehead atoms. The zero-order chi connectivity index (χ0) is 21.2. The maximum atomic E-state index is 12.7. The first-order chi connectivity index (χ1) is 13.6. The van der Waals surface area contributed by atoms with E-state index in [1.165, 1.54) is 38.4 Å². The van der Waals surface area contributed by atoms with Gasteiger partial charge in [-0.2, -0.15) is 9.40 Å². The van der Waals surface area contributed by atoms with Crippen molar-refractivity contribution in [1.82, 2.24) is 19.0 Å². The lowest BCUT2D eigenvalue weighted by Crippen LogP contribution is -2.37. The highest BCUT2D eigenvalue weighted by Gasteiger charge is 2.32. The normalized spacial score (nSPS) is 16.5. The van der Waals surface area contributed by atoms with E-state index in [0.717, 1.165) is 12.1 Å². The van der Waals surface area contributed by atoms with Gasteiger partial charge in [0.1, 0.15) is 10.6 Å². The number of nitrogens with zero attached hydrogens (tertiary/aromatic N) is 4. The highest BCUT2D eigenvalue weighted by atomic mass is 32.2. The highest BCUT2D eigenvalue weighted by molar-refractivity contribution is 7.89. The van der Waals surface area contributed by atoms with Gasteiger partial charge in [0, 0.05) is 45.0 Å². The number of aromatic nitrogens is 2. The molecule has 0 spiro atoms. The Bertz CT molecular complexity index is 973. The molecule has 158 valence electrons. The predicted molar refractivity (Wildman–Crippen MR) is 95.6 cm³/mol. The number of amides is 1. The number of benzene rings is 1. The Morgan fingerprint density at radius 3 is 2.38 bits per heavy atom. The average molecular weight is 432 g/mol. The van der Waals surface area contributed by atoms with Crippen LogP contribution >= 0.6 is 0 Å². The second-order valence-corrected chi connectivity index (χ2v) is 8.41. The van der Waals surface area contributed by atoms with Crippen molar-refractivity contribution in [2.45, 2.75) is 17.7 Å². The Labute approximate surface area is 165 Å². The van der Waals surface area contributed by atoms with E-state index in [2.05, 4.69) is 9.84 Å². The average Bonchev–Trinajstić information content (AvgIpc) is 2.93. The van der Waals surface area contributed by atoms with Crippen molar-refractivity contribution in [3.63, 3.8) is 0 Å². The van der Waals surface area contributed by atoms with Gasteiger partial charge in [0.2, 0.25) is 10.0 Å². The van der Waals surface area contributed by atoms with E-state index < -0.39 is 22.1 Å². The number of aryl methyl sites for hydroxylation is 1. The van der Waals surface area contributed by atoms with Gasteiger partial charge in [0.25, 0.3) is 5.91 Å². The molecule has 12 heteroatoms. The summed E-state index contributed by atoms with van der Waals surface area (Å²) in [5.74, 6) is -0.803. The number of sulfonamides is 1. The molecule has 3 rings (SSSR count). The summed E-state index contributed by atoms with van der Waals surface area (Å²) in [6.07, 6.45) is -1.69. The fraction of sp³-hybridized carbons (Fsp3) is 0.412. The van der Waals surface area contributed by atoms with Crippen LogP contribution in [0.2, 0.25) is 0 Å². The van der Waals surface area contributed by atoms with Gasteiger partial charge in [0.15, 0.2) is 0 Å². The first-order valence-corrected chi connectivity index (χ1v) is 10.1. The molecule has 0 saturated carbocycles. The Hall–Kier alpha value is -2.60. The van der Waals surface area contributed by atoms with Crippen LogP contribution < -0.4 is 4.74 Å². The predicted octanol–water partition coefficient (Wildman–Crippen LogP) is 1.86. The molecule has 1 fully saturated rings. The van der Waals surface area contributed by atoms with Crippen LogP contribution in [0.4, 0.5) is 13.2 Å². The van der Waals surface area contributed by atoms with E-state index in [9.17, 15) is 26.4 Å². The van der Waals surface area contributed by atoms with Gasteiger partial charge in [-0.15, -0.1) is 13.2 Å². The van der Waals surface area contributed by atoms with Gasteiger partial charge in [-0.1, -0.05) is 0 Å². The Morgan fingerprint density at radius 1 is 1.10 bits per heavy atom. The van der Waals surface area contributed by atoms with E-state index in [-0.39, 0.29) is 36.0 Å². The first kappa shape index (κ1) is 21.1. The molecule has 1 saturated heterocycles. The molecule has 8 nitrogen and oxygen atoms in total. The molecule has 29 heavy (non-hydrogen) atoms. The van der Waals surface area contributed by atoms with Crippen LogP contribution in [-0.2, 0) is 17.1 Å². The number of ether oxygens (including phenoxy) is 1. The third-order valence-electron chi connectivity index (χ3n) is 4.40. The summed E-state index contributed by atoms with van der Waals surface area (Å²) in [7, 11) is -2.09. The molecular weight excluding hydrogens is 413 g/mol. The van der Waals surface area contributed by atoms with Crippen molar-refractivity contribution in [1.29, 1.82) is 0 Å². The quantitative estimate of drug-likeness (QED) is 0.736. The number of halogens is 3. The van der Waals surface area contributed by atoms with Crippen LogP contribution in [0.5, 0.6) is 5.75 Å². The lowest BCUT2D eigenvalue weighted by molar-refractivity contribution is -0.274. The van der Waals surface area contributed by atoms with Gasteiger partial charge < -0.3 is 9.64 Å². The van der Waals surface area contributed by atoms with Crippen molar-refractivity contribution < 1.29 is 31.1 Å². The Morgan fingerprint density at radius 2 is 1.79 bits per heavy atom. The second-order valence-electron chi connectivity index (χ2n) is 6.47. The minimum absolute atomic E-state index is 0.0834. The second kappa shape index (κ2) is 8.03. The SMILES string of the molecule is Cn1cc(S(=O)(=O)N2CCCN(C(=O)c3ccc(OC(F)(F)F)cc3)CC2)cn1. The van der Waals surface area contributed by atoms with Gasteiger partial charge in [-0.25, -0.2) is 8.42 Å². The van der Waals surface area contributed by atoms with Crippen LogP contribution in [0.1, 0.15) is 16.8 Å². The van der Waals surface area contributed by atoms with E-state index in [1.807, 2.05) is 0 Å². The lowest BCUT2D eigenvalue weighted by Gasteiger charge is -2.21. The van der Waals surface area contributed by atoms with E-state index >= 15 is 0 Å². The monoisotopic (exact) mass is 432 g/mol. The molecule has 1 aliphatic heterocycles. The molecule has 2 aromatic rings. The molecule has 2 heterocycles. The molecule has 1 amide bonds. The maximum Gasteiger partial charge on any atom is 0.573 e. The molecule has 1 aromatic carbocycles. The van der Waals surface area contributed by atoms with Crippen LogP contribution in [0.3, 0.4) is 0 Å². The molecule has 0 N–H and O–H groups in total. The fourth-order valence-electron chi connectivity index (χ4n) is 3.00. The smallest absolute Gasteiger partial charge is 0.406 e. The fourth-order valence-corrected chi connectivity index (χ4v) is 4.46. The van der Waals surface area contributed by atoms with Crippen LogP contribution in [-0.4, -0.2) is 65.9 Å². The number of rotatable bonds is 4. The number of alkyl halides is 3. The molecule has 0 atom stereocenters. The van der Waals surface area contributed by atoms with Crippen molar-refractivity contribution >= 4 is 15.9 Å². The van der Waals surface area contributed by atoms with Gasteiger partial charge in [-0.3, -0.25) is 9.48 Å². The number of carbonyl (C=O) groups excluding carboxylic acids is 1. The summed E-state index contributed by atoms with van der Waals surface area (Å²) < 4.78 is 68.6. The molecule has 1 aliphatic rings. The zero-order valence-corrected chi connectivity index (χ0v) is 16.3. The van der Waals surface area contributed by atoms with E-state index in [1.54, 1.807) is 7.05 Å². The van der Waals surface area contributed by atoms with E-state index in [4.69, 9.17) is 0 Å². The topological polar surface area (TPSA) is 84.7 Å². The standard InChI is InChI=1S/C17H19F3N4O4S/c1-22-12-15(11-21-22)29(26,27)24-8-2-7-23(9-10-24)16(25)13-3-5-14(6-4-13)28-17(18,19)20/h3-6,11-12H,2,7-10H2,1H3. The number of hydrogen-bond acceptors (Lipinski definition) is 5. The summed E-state index contributed by atoms with van der Waals surface area (Å²) in [5, 5.41) is 3.88. The van der Waals surface area contributed by atoms with Gasteiger partial charge in [-0.05, 0) is 30.7 Å². The van der Waals surface area contributed by atoms with Crippen molar-refractivity contribution in [3.8, 4) is 5.75 Å². The van der Waals surface area contributed by atoms with Crippen LogP contribution in [0, 0.1) is 0 Å². The van der Waals surface area contributed by atoms with Crippen LogP contribution in [0.25, 0.3) is 0 Å². The van der Waals surface area contributed by atoms with Gasteiger partial charge in [0.05, 0.1) is 6.20 Å². The molecule has 1 aromatic heterocycles. The Balaban J connectivity index is 1.67. The summed E-state index contributed by atoms with van der Waals surface area (Å²) >= 11 is 0. The molecule has 0 radical (unpaired) electrons. The number of carbonyl (C=O) groups is 1. The first-order valence-electron chi connectivity index (χ1n) is 8.70. The lowest BCUT2D eigenvalue weighted by atomic mass is 10.2. The summed E-state index contributed by atoms with van der Waals surface area (Å²) in [4.78, 5) is 14.2. The molecule has 0 unspecified atom stereocenters. The van der Waals surface area contributed by atoms with Crippen molar-refractivity contribution in [2.24, 2.45) is 7.05 Å². The van der Waals surface area contributed by atoms with Crippen LogP contribution in [0.15, 0.2) is 41.6 Å². The maximum absolute atomic E-state index is 12.7. The Kier molecular flexibility index (Phi) is 5.85. The third-order valence-corrected chi connectivity index (χ3v) is 6.25. The van der Waals surface area contributed by atoms with Crippen molar-refractivity contribution in [2.75, 3.05) is 26.2 Å². The highest BCUT2D eigenvalue weighted by Crippen LogP contribution is 2.23. The summed E-state index contributed by atoms with van der Waals surface area (Å²) in [5.41, 5.74) is 0.197. The summed E-state index contributed by atoms with van der Waals surface area (Å²) in [6.45, 7) is 0.857. The van der Waals surface area contributed by atoms with Crippen molar-refractivity contribution in [3.05, 3.63) is 42.2 Å². The number of hydrogen-bond donors (Lipinski definition) is 0. The minimum atomic E-state index is -4.81. The minimum Gasteiger partial charge on any atom is -0.406 e. The third kappa shape index (κ3) is 5.07. The summed E-state index contributed by atoms with van der Waals surface area (Å²) in [6, 6.07) is 4.63. The van der Waals surface area contributed by atoms with Gasteiger partial charge >= 0.3 is 6.36 Å². The molecule has 0 aliphatic carbocycles. The largest absolute Gasteiger partial charge is 0.573 e.